The number of carbonyl (C=O) groups is 1. The van der Waals surface area contributed by atoms with Gasteiger partial charge in [0.05, 0.1) is 6.26 Å². The van der Waals surface area contributed by atoms with Crippen LogP contribution in [0.5, 0.6) is 0 Å². The molecule has 0 radical (unpaired) electrons. The van der Waals surface area contributed by atoms with Gasteiger partial charge in [0.1, 0.15) is 0 Å². The highest BCUT2D eigenvalue weighted by molar-refractivity contribution is 7.88. The van der Waals surface area contributed by atoms with E-state index in [9.17, 15) is 13.2 Å². The first-order valence-corrected chi connectivity index (χ1v) is 5.73. The van der Waals surface area contributed by atoms with Crippen LogP contribution in [0, 0.1) is 5.92 Å². The van der Waals surface area contributed by atoms with Crippen molar-refractivity contribution in [2.24, 2.45) is 11.8 Å². The molecule has 1 fully saturated rings. The molecular formula is C6H13N3O3S. The number of nitrogens with two attached hydrogens (primary N) is 1. The molecule has 0 saturated carbocycles. The zero-order valence-electron chi connectivity index (χ0n) is 7.36. The Bertz CT molecular complexity index is 294. The van der Waals surface area contributed by atoms with E-state index in [1.54, 1.807) is 0 Å². The van der Waals surface area contributed by atoms with E-state index in [1.807, 2.05) is 5.43 Å². The first-order chi connectivity index (χ1) is 5.93. The average Bonchev–Trinajstić information content (AvgIpc) is 1.92. The van der Waals surface area contributed by atoms with Crippen molar-refractivity contribution in [2.45, 2.75) is 6.42 Å². The zero-order valence-corrected chi connectivity index (χ0v) is 8.17. The third-order valence-electron chi connectivity index (χ3n) is 2.03. The van der Waals surface area contributed by atoms with Crippen LogP contribution in [-0.2, 0) is 14.8 Å². The van der Waals surface area contributed by atoms with E-state index in [-0.39, 0.29) is 11.8 Å². The number of hydrogen-bond acceptors (Lipinski definition) is 4. The fourth-order valence-electron chi connectivity index (χ4n) is 1.24. The maximum absolute atomic E-state index is 10.9. The lowest BCUT2D eigenvalue weighted by Crippen LogP contribution is -2.51. The van der Waals surface area contributed by atoms with Gasteiger partial charge >= 0.3 is 0 Å². The maximum Gasteiger partial charge on any atom is 0.234 e. The maximum atomic E-state index is 10.9. The molecular weight excluding hydrogens is 194 g/mol. The highest BCUT2D eigenvalue weighted by Gasteiger charge is 2.33. The lowest BCUT2D eigenvalue weighted by atomic mass is 9.99. The van der Waals surface area contributed by atoms with Gasteiger partial charge in [0, 0.05) is 19.5 Å². The van der Waals surface area contributed by atoms with Gasteiger partial charge in [-0.05, 0) is 5.92 Å². The van der Waals surface area contributed by atoms with Gasteiger partial charge in [-0.15, -0.1) is 0 Å². The predicted octanol–water partition coefficient (Wildman–Crippen LogP) is -1.74. The number of sulfonamides is 1. The van der Waals surface area contributed by atoms with Crippen LogP contribution >= 0.6 is 0 Å². The normalized spacial score (nSPS) is 19.5. The van der Waals surface area contributed by atoms with Crippen molar-refractivity contribution in [3.05, 3.63) is 0 Å². The highest BCUT2D eigenvalue weighted by atomic mass is 32.2. The molecule has 0 bridgehead atoms. The molecule has 0 aromatic carbocycles. The van der Waals surface area contributed by atoms with Crippen molar-refractivity contribution >= 4 is 15.9 Å². The lowest BCUT2D eigenvalue weighted by Gasteiger charge is -2.36. The van der Waals surface area contributed by atoms with Crippen LogP contribution in [0.25, 0.3) is 0 Å². The molecule has 0 atom stereocenters. The SMILES string of the molecule is CS(=O)(=O)N1CC(CC(=O)NN)C1. The number of rotatable bonds is 3. The van der Waals surface area contributed by atoms with Crippen molar-refractivity contribution < 1.29 is 13.2 Å². The molecule has 7 heteroatoms. The van der Waals surface area contributed by atoms with Crippen molar-refractivity contribution in [3.63, 3.8) is 0 Å². The number of nitrogens with zero attached hydrogens (tertiary/aromatic N) is 1. The molecule has 6 nitrogen and oxygen atoms in total. The third-order valence-corrected chi connectivity index (χ3v) is 3.26. The van der Waals surface area contributed by atoms with E-state index in [0.29, 0.717) is 19.5 Å². The van der Waals surface area contributed by atoms with Crippen molar-refractivity contribution in [3.8, 4) is 0 Å². The molecule has 13 heavy (non-hydrogen) atoms. The smallest absolute Gasteiger partial charge is 0.234 e. The Kier molecular flexibility index (Phi) is 2.89. The van der Waals surface area contributed by atoms with Crippen LogP contribution in [0.2, 0.25) is 0 Å². The standard InChI is InChI=1S/C6H13N3O3S/c1-13(11,12)9-3-5(4-9)2-6(10)8-7/h5H,2-4,7H2,1H3,(H,8,10). The predicted molar refractivity (Wildman–Crippen MR) is 46.9 cm³/mol. The number of carbonyl (C=O) groups excluding carboxylic acids is 1. The molecule has 1 amide bonds. The van der Waals surface area contributed by atoms with Gasteiger partial charge in [0.2, 0.25) is 15.9 Å². The van der Waals surface area contributed by atoms with E-state index < -0.39 is 10.0 Å². The molecule has 1 aliphatic rings. The summed E-state index contributed by atoms with van der Waals surface area (Å²) < 4.78 is 23.2. The van der Waals surface area contributed by atoms with Gasteiger partial charge in [-0.1, -0.05) is 0 Å². The monoisotopic (exact) mass is 207 g/mol. The van der Waals surface area contributed by atoms with E-state index >= 15 is 0 Å². The largest absolute Gasteiger partial charge is 0.294 e. The second-order valence-corrected chi connectivity index (χ2v) is 5.20. The Labute approximate surface area is 77.1 Å². The average molecular weight is 207 g/mol. The quantitative estimate of drug-likeness (QED) is 0.326. The molecule has 1 rings (SSSR count). The van der Waals surface area contributed by atoms with Gasteiger partial charge < -0.3 is 0 Å². The van der Waals surface area contributed by atoms with Gasteiger partial charge in [0.25, 0.3) is 0 Å². The number of nitrogens with one attached hydrogen (secondary N) is 1. The summed E-state index contributed by atoms with van der Waals surface area (Å²) in [5.41, 5.74) is 2.01. The van der Waals surface area contributed by atoms with Gasteiger partial charge in [-0.2, -0.15) is 0 Å². The summed E-state index contributed by atoms with van der Waals surface area (Å²) in [5.74, 6) is 4.75. The molecule has 1 saturated heterocycles. The molecule has 0 aliphatic carbocycles. The molecule has 0 unspecified atom stereocenters. The van der Waals surface area contributed by atoms with Crippen LogP contribution in [0.3, 0.4) is 0 Å². The summed E-state index contributed by atoms with van der Waals surface area (Å²) in [5, 5.41) is 0. The van der Waals surface area contributed by atoms with Gasteiger partial charge in [-0.3, -0.25) is 10.2 Å². The summed E-state index contributed by atoms with van der Waals surface area (Å²) in [6, 6.07) is 0. The number of hydrogen-bond donors (Lipinski definition) is 2. The summed E-state index contributed by atoms with van der Waals surface area (Å²) in [4.78, 5) is 10.8. The first kappa shape index (κ1) is 10.4. The lowest BCUT2D eigenvalue weighted by molar-refractivity contribution is -0.122. The Morgan fingerprint density at radius 3 is 2.54 bits per heavy atom. The summed E-state index contributed by atoms with van der Waals surface area (Å²) in [7, 11) is -3.07. The second-order valence-electron chi connectivity index (χ2n) is 3.22. The minimum Gasteiger partial charge on any atom is -0.294 e. The van der Waals surface area contributed by atoms with Crippen LogP contribution in [0.4, 0.5) is 0 Å². The van der Waals surface area contributed by atoms with Crippen molar-refractivity contribution in [1.29, 1.82) is 0 Å². The molecule has 1 aliphatic heterocycles. The topological polar surface area (TPSA) is 92.5 Å². The van der Waals surface area contributed by atoms with E-state index in [4.69, 9.17) is 5.84 Å². The summed E-state index contributed by atoms with van der Waals surface area (Å²) in [6.45, 7) is 0.846. The number of amides is 1. The minimum absolute atomic E-state index is 0.110. The first-order valence-electron chi connectivity index (χ1n) is 3.88. The van der Waals surface area contributed by atoms with Gasteiger partial charge in [0.15, 0.2) is 0 Å². The molecule has 1 heterocycles. The minimum atomic E-state index is -3.07. The Balaban J connectivity index is 2.31. The van der Waals surface area contributed by atoms with Crippen LogP contribution < -0.4 is 11.3 Å². The fraction of sp³-hybridized carbons (Fsp3) is 0.833. The molecule has 0 spiro atoms. The summed E-state index contributed by atoms with van der Waals surface area (Å²) >= 11 is 0. The molecule has 76 valence electrons. The van der Waals surface area contributed by atoms with Crippen molar-refractivity contribution in [1.82, 2.24) is 9.73 Å². The van der Waals surface area contributed by atoms with Gasteiger partial charge in [-0.25, -0.2) is 18.6 Å². The van der Waals surface area contributed by atoms with E-state index in [0.717, 1.165) is 6.26 Å². The summed E-state index contributed by atoms with van der Waals surface area (Å²) in [6.07, 6.45) is 1.45. The Morgan fingerprint density at radius 1 is 1.62 bits per heavy atom. The zero-order chi connectivity index (χ0) is 10.1. The third kappa shape index (κ3) is 2.64. The van der Waals surface area contributed by atoms with Crippen LogP contribution in [-0.4, -0.2) is 38.0 Å². The number of hydrazine groups is 1. The fourth-order valence-corrected chi connectivity index (χ4v) is 2.21. The molecule has 3 N–H and O–H groups in total. The molecule has 0 aromatic heterocycles. The second kappa shape index (κ2) is 3.60. The molecule has 0 aromatic rings. The Morgan fingerprint density at radius 2 is 2.15 bits per heavy atom. The van der Waals surface area contributed by atoms with E-state index in [2.05, 4.69) is 0 Å². The van der Waals surface area contributed by atoms with Crippen LogP contribution in [0.15, 0.2) is 0 Å². The van der Waals surface area contributed by atoms with Crippen LogP contribution in [0.1, 0.15) is 6.42 Å². The Hall–Kier alpha value is -0.660. The highest BCUT2D eigenvalue weighted by Crippen LogP contribution is 2.21. The van der Waals surface area contributed by atoms with E-state index in [1.165, 1.54) is 4.31 Å². The van der Waals surface area contributed by atoms with Crippen molar-refractivity contribution in [2.75, 3.05) is 19.3 Å².